The Bertz CT molecular complexity index is 630. The molecule has 0 fully saturated rings. The lowest BCUT2D eigenvalue weighted by Crippen LogP contribution is -2.09. The van der Waals surface area contributed by atoms with E-state index in [1.165, 1.54) is 19.6 Å². The first-order chi connectivity index (χ1) is 10.6. The summed E-state index contributed by atoms with van der Waals surface area (Å²) in [6.07, 6.45) is 2.50. The van der Waals surface area contributed by atoms with Crippen LogP contribution in [0.5, 0.6) is 0 Å². The predicted octanol–water partition coefficient (Wildman–Crippen LogP) is 1.51. The molecule has 7 nitrogen and oxygen atoms in total. The van der Waals surface area contributed by atoms with Crippen LogP contribution in [0.3, 0.4) is 0 Å². The van der Waals surface area contributed by atoms with Crippen molar-refractivity contribution in [2.24, 2.45) is 0 Å². The van der Waals surface area contributed by atoms with E-state index in [-0.39, 0.29) is 5.82 Å². The van der Waals surface area contributed by atoms with Crippen molar-refractivity contribution in [2.75, 3.05) is 6.61 Å². The molecule has 1 heterocycles. The second-order valence-electron chi connectivity index (χ2n) is 3.93. The highest BCUT2D eigenvalue weighted by atomic mass is 16.5. The average Bonchev–Trinajstić information content (AvgIpc) is 2.56. The Balaban J connectivity index is 0.000000220. The molecule has 0 aliphatic heterocycles. The molecule has 0 saturated heterocycles. The van der Waals surface area contributed by atoms with Gasteiger partial charge in [0, 0.05) is 12.5 Å². The van der Waals surface area contributed by atoms with E-state index in [2.05, 4.69) is 19.7 Å². The zero-order valence-corrected chi connectivity index (χ0v) is 12.2. The van der Waals surface area contributed by atoms with Crippen molar-refractivity contribution in [2.45, 2.75) is 13.8 Å². The Labute approximate surface area is 127 Å². The summed E-state index contributed by atoms with van der Waals surface area (Å²) < 4.78 is 4.64. The number of Topliss-reactive ketones (excluding diaryl/α,β-unsaturated/α-hetero) is 2. The minimum absolute atomic E-state index is 0.0434. The van der Waals surface area contributed by atoms with E-state index in [4.69, 9.17) is 0 Å². The molecular weight excluding hydrogens is 286 g/mol. The first-order valence-corrected chi connectivity index (χ1v) is 6.45. The summed E-state index contributed by atoms with van der Waals surface area (Å²) in [5.41, 5.74) is 0.458. The molecule has 0 N–H and O–H groups in total. The number of benzene rings is 1. The number of esters is 1. The molecule has 1 aromatic carbocycles. The van der Waals surface area contributed by atoms with Gasteiger partial charge in [0.2, 0.25) is 11.6 Å². The number of aromatic nitrogens is 3. The number of carbonyl (C=O) groups excluding carboxylic acids is 3. The molecule has 2 aromatic rings. The van der Waals surface area contributed by atoms with Gasteiger partial charge in [0.15, 0.2) is 5.78 Å². The van der Waals surface area contributed by atoms with Crippen molar-refractivity contribution in [3.63, 3.8) is 0 Å². The van der Waals surface area contributed by atoms with Crippen molar-refractivity contribution in [1.82, 2.24) is 15.0 Å². The third-order valence-corrected chi connectivity index (χ3v) is 2.31. The van der Waals surface area contributed by atoms with Gasteiger partial charge in [-0.25, -0.2) is 19.7 Å². The average molecular weight is 301 g/mol. The highest BCUT2D eigenvalue weighted by molar-refractivity contribution is 6.42. The monoisotopic (exact) mass is 301 g/mol. The lowest BCUT2D eigenvalue weighted by atomic mass is 10.1. The van der Waals surface area contributed by atoms with E-state index in [1.807, 2.05) is 0 Å². The van der Waals surface area contributed by atoms with Gasteiger partial charge >= 0.3 is 5.97 Å². The molecule has 22 heavy (non-hydrogen) atoms. The first-order valence-electron chi connectivity index (χ1n) is 6.45. The number of rotatable bonds is 4. The highest BCUT2D eigenvalue weighted by Gasteiger charge is 2.09. The van der Waals surface area contributed by atoms with Gasteiger partial charge in [0.25, 0.3) is 0 Å². The van der Waals surface area contributed by atoms with Crippen LogP contribution < -0.4 is 0 Å². The van der Waals surface area contributed by atoms with Crippen LogP contribution in [0.4, 0.5) is 0 Å². The van der Waals surface area contributed by atoms with E-state index in [0.29, 0.717) is 12.2 Å². The number of hydrogen-bond donors (Lipinski definition) is 0. The van der Waals surface area contributed by atoms with Gasteiger partial charge in [-0.05, 0) is 6.92 Å². The Morgan fingerprint density at radius 2 is 1.64 bits per heavy atom. The lowest BCUT2D eigenvalue weighted by Gasteiger charge is -1.96. The van der Waals surface area contributed by atoms with Crippen LogP contribution in [0.15, 0.2) is 43.0 Å². The lowest BCUT2D eigenvalue weighted by molar-refractivity contribution is -0.113. The summed E-state index contributed by atoms with van der Waals surface area (Å²) >= 11 is 0. The van der Waals surface area contributed by atoms with Gasteiger partial charge in [0.05, 0.1) is 6.61 Å². The minimum atomic E-state index is -0.519. The quantitative estimate of drug-likeness (QED) is 0.479. The number of ketones is 2. The van der Waals surface area contributed by atoms with E-state index >= 15 is 0 Å². The summed E-state index contributed by atoms with van der Waals surface area (Å²) in [5, 5.41) is 0. The molecule has 0 saturated carbocycles. The summed E-state index contributed by atoms with van der Waals surface area (Å²) in [6.45, 7) is 3.32. The van der Waals surface area contributed by atoms with Crippen LogP contribution in [0.25, 0.3) is 0 Å². The van der Waals surface area contributed by atoms with Gasteiger partial charge in [-0.2, -0.15) is 0 Å². The Kier molecular flexibility index (Phi) is 7.04. The summed E-state index contributed by atoms with van der Waals surface area (Å²) in [5.74, 6) is -1.32. The number of nitrogens with zero attached hydrogens (tertiary/aromatic N) is 3. The molecule has 0 amide bonds. The minimum Gasteiger partial charge on any atom is -0.460 e. The highest BCUT2D eigenvalue weighted by Crippen LogP contribution is 1.99. The molecule has 1 aromatic heterocycles. The zero-order chi connectivity index (χ0) is 16.4. The maximum Gasteiger partial charge on any atom is 0.376 e. The van der Waals surface area contributed by atoms with Crippen molar-refractivity contribution in [3.05, 3.63) is 54.4 Å². The van der Waals surface area contributed by atoms with Gasteiger partial charge in [-0.3, -0.25) is 9.59 Å². The summed E-state index contributed by atoms with van der Waals surface area (Å²) in [6, 6.07) is 8.52. The smallest absolute Gasteiger partial charge is 0.376 e. The Morgan fingerprint density at radius 1 is 1.05 bits per heavy atom. The number of carbonyl (C=O) groups is 3. The van der Waals surface area contributed by atoms with Crippen LogP contribution in [0.2, 0.25) is 0 Å². The standard InChI is InChI=1S/C9H8O2.C6H7N3O2/c1-7(10)9(11)8-5-3-2-4-6-8;1-2-11-6(10)5-8-3-7-4-9-5/h2-6H,1H3;3-4H,2H2,1H3. The van der Waals surface area contributed by atoms with E-state index in [0.717, 1.165) is 0 Å². The molecule has 0 radical (unpaired) electrons. The maximum absolute atomic E-state index is 11.0. The predicted molar refractivity (Wildman–Crippen MR) is 77.2 cm³/mol. The topological polar surface area (TPSA) is 99.1 Å². The summed E-state index contributed by atoms with van der Waals surface area (Å²) in [7, 11) is 0. The first kappa shape index (κ1) is 17.1. The van der Waals surface area contributed by atoms with Crippen LogP contribution in [-0.2, 0) is 9.53 Å². The fraction of sp³-hybridized carbons (Fsp3) is 0.200. The van der Waals surface area contributed by atoms with Crippen LogP contribution >= 0.6 is 0 Å². The van der Waals surface area contributed by atoms with Gasteiger partial charge in [-0.15, -0.1) is 0 Å². The zero-order valence-electron chi connectivity index (χ0n) is 12.2. The van der Waals surface area contributed by atoms with Crippen molar-refractivity contribution < 1.29 is 19.1 Å². The van der Waals surface area contributed by atoms with Crippen molar-refractivity contribution >= 4 is 17.5 Å². The molecule has 0 bridgehead atoms. The fourth-order valence-corrected chi connectivity index (χ4v) is 1.33. The molecule has 114 valence electrons. The fourth-order valence-electron chi connectivity index (χ4n) is 1.33. The van der Waals surface area contributed by atoms with E-state index < -0.39 is 17.5 Å². The third kappa shape index (κ3) is 5.58. The van der Waals surface area contributed by atoms with Gasteiger partial charge in [0.1, 0.15) is 12.7 Å². The van der Waals surface area contributed by atoms with Crippen molar-refractivity contribution in [1.29, 1.82) is 0 Å². The SMILES string of the molecule is CC(=O)C(=O)c1ccccc1.CCOC(=O)c1ncncn1. The van der Waals surface area contributed by atoms with Gasteiger partial charge in [-0.1, -0.05) is 30.3 Å². The van der Waals surface area contributed by atoms with Crippen LogP contribution in [0, 0.1) is 0 Å². The molecular formula is C15H15N3O4. The second-order valence-corrected chi connectivity index (χ2v) is 3.93. The number of hydrogen-bond acceptors (Lipinski definition) is 7. The molecule has 0 atom stereocenters. The molecule has 0 aliphatic carbocycles. The Morgan fingerprint density at radius 3 is 2.14 bits per heavy atom. The molecule has 2 rings (SSSR count). The normalized spacial score (nSPS) is 9.18. The van der Waals surface area contributed by atoms with Gasteiger partial charge < -0.3 is 4.74 Å². The van der Waals surface area contributed by atoms with Crippen LogP contribution in [-0.4, -0.2) is 39.1 Å². The maximum atomic E-state index is 11.0. The van der Waals surface area contributed by atoms with E-state index in [9.17, 15) is 14.4 Å². The summed E-state index contributed by atoms with van der Waals surface area (Å²) in [4.78, 5) is 43.2. The largest absolute Gasteiger partial charge is 0.460 e. The van der Waals surface area contributed by atoms with Crippen LogP contribution in [0.1, 0.15) is 34.8 Å². The number of ether oxygens (including phenoxy) is 1. The molecule has 0 unspecified atom stereocenters. The second kappa shape index (κ2) is 9.06. The molecule has 7 heteroatoms. The third-order valence-electron chi connectivity index (χ3n) is 2.31. The van der Waals surface area contributed by atoms with Crippen molar-refractivity contribution in [3.8, 4) is 0 Å². The molecule has 0 spiro atoms. The van der Waals surface area contributed by atoms with E-state index in [1.54, 1.807) is 37.3 Å². The Hall–Kier alpha value is -2.96. The molecule has 0 aliphatic rings.